The van der Waals surface area contributed by atoms with Gasteiger partial charge in [-0.15, -0.1) is 0 Å². The van der Waals surface area contributed by atoms with Crippen LogP contribution < -0.4 is 14.2 Å². The lowest BCUT2D eigenvalue weighted by Crippen LogP contribution is -2.12. The molecule has 3 rings (SSSR count). The van der Waals surface area contributed by atoms with E-state index < -0.39 is 5.97 Å². The predicted molar refractivity (Wildman–Crippen MR) is 226 cm³/mol. The Morgan fingerprint density at radius 3 is 1.98 bits per heavy atom. The fraction of sp³-hybridized carbons (Fsp3) is 0.449. The molecule has 7 heteroatoms. The van der Waals surface area contributed by atoms with E-state index in [1.807, 2.05) is 43.3 Å². The maximum Gasteiger partial charge on any atom is 0.343 e. The smallest absolute Gasteiger partial charge is 0.343 e. The average Bonchev–Trinajstić information content (AvgIpc) is 3.21. The number of rotatable bonds is 26. The number of carbonyl (C=O) groups excluding carboxylic acids is 1. The number of hydrogen-bond acceptors (Lipinski definition) is 7. The molecule has 0 saturated carbocycles. The Morgan fingerprint density at radius 1 is 0.786 bits per heavy atom. The van der Waals surface area contributed by atoms with Crippen molar-refractivity contribution in [3.63, 3.8) is 0 Å². The Kier molecular flexibility index (Phi) is 22.9. The first kappa shape index (κ1) is 45.3. The molecule has 7 nitrogen and oxygen atoms in total. The van der Waals surface area contributed by atoms with Crippen LogP contribution in [-0.4, -0.2) is 37.5 Å². The van der Waals surface area contributed by atoms with Gasteiger partial charge in [-0.25, -0.2) is 4.79 Å². The number of allylic oxidation sites excluding steroid dienone is 4. The lowest BCUT2D eigenvalue weighted by Gasteiger charge is -2.11. The van der Waals surface area contributed by atoms with Crippen LogP contribution in [0.25, 0.3) is 0 Å². The molecule has 0 aromatic heterocycles. The zero-order chi connectivity index (χ0) is 40.1. The summed E-state index contributed by atoms with van der Waals surface area (Å²) >= 11 is 0. The summed E-state index contributed by atoms with van der Waals surface area (Å²) in [6.45, 7) is 14.4. The van der Waals surface area contributed by atoms with Crippen LogP contribution in [0.5, 0.6) is 17.2 Å². The number of benzene rings is 2. The summed E-state index contributed by atoms with van der Waals surface area (Å²) in [7, 11) is 0. The second-order valence-electron chi connectivity index (χ2n) is 14.0. The number of hydrogen-bond donors (Lipinski definition) is 1. The van der Waals surface area contributed by atoms with E-state index in [1.54, 1.807) is 30.3 Å². The maximum absolute atomic E-state index is 12.7. The van der Waals surface area contributed by atoms with E-state index in [-0.39, 0.29) is 11.7 Å². The van der Waals surface area contributed by atoms with Crippen molar-refractivity contribution in [1.29, 1.82) is 0 Å². The van der Waals surface area contributed by atoms with Crippen LogP contribution in [0, 0.1) is 29.6 Å². The van der Waals surface area contributed by atoms with Gasteiger partial charge in [-0.3, -0.25) is 0 Å². The SMILES string of the molecule is C=C(C)C(=C)OCCCCCCCCCCCOc1ccc(C#C/C(=C\O)Oc2ccc(OC(=O)C3=CC[C@@H](C#CCOCCCCCCC)C=C3)cc2)cc1. The topological polar surface area (TPSA) is 83.5 Å². The molecule has 0 fully saturated rings. The molecule has 0 unspecified atom stereocenters. The highest BCUT2D eigenvalue weighted by molar-refractivity contribution is 5.93. The molecule has 0 heterocycles. The molecule has 2 aromatic rings. The van der Waals surface area contributed by atoms with E-state index in [1.165, 1.54) is 64.2 Å². The van der Waals surface area contributed by atoms with Gasteiger partial charge in [0.1, 0.15) is 35.9 Å². The van der Waals surface area contributed by atoms with Crippen LogP contribution in [0.1, 0.15) is 116 Å². The van der Waals surface area contributed by atoms with Gasteiger partial charge in [0.2, 0.25) is 5.76 Å². The molecule has 1 N–H and O–H groups in total. The zero-order valence-corrected chi connectivity index (χ0v) is 33.8. The van der Waals surface area contributed by atoms with Crippen LogP contribution in [0.3, 0.4) is 0 Å². The molecule has 0 spiro atoms. The van der Waals surface area contributed by atoms with E-state index >= 15 is 0 Å². The monoisotopic (exact) mass is 762 g/mol. The summed E-state index contributed by atoms with van der Waals surface area (Å²) in [4.78, 5) is 12.7. The molecule has 0 saturated heterocycles. The normalized spacial score (nSPS) is 13.4. The molecule has 56 heavy (non-hydrogen) atoms. The molecule has 2 aromatic carbocycles. The first-order valence-corrected chi connectivity index (χ1v) is 20.4. The van der Waals surface area contributed by atoms with Gasteiger partial charge in [0, 0.05) is 18.1 Å². The third-order valence-electron chi connectivity index (χ3n) is 9.06. The second kappa shape index (κ2) is 28.3. The van der Waals surface area contributed by atoms with E-state index in [0.29, 0.717) is 42.5 Å². The van der Waals surface area contributed by atoms with Crippen molar-refractivity contribution in [3.8, 4) is 40.9 Å². The Labute approximate surface area is 336 Å². The van der Waals surface area contributed by atoms with Crippen molar-refractivity contribution in [3.05, 3.63) is 114 Å². The summed E-state index contributed by atoms with van der Waals surface area (Å²) in [6, 6.07) is 14.1. The Bertz CT molecular complexity index is 1690. The molecular weight excluding hydrogens is 701 g/mol. The van der Waals surface area contributed by atoms with Crippen LogP contribution in [0.4, 0.5) is 0 Å². The zero-order valence-electron chi connectivity index (χ0n) is 33.8. The van der Waals surface area contributed by atoms with Gasteiger partial charge in [0.25, 0.3) is 0 Å². The Hall–Kier alpha value is -5.11. The van der Waals surface area contributed by atoms with E-state index in [4.69, 9.17) is 23.7 Å². The number of aliphatic hydroxyl groups is 1. The summed E-state index contributed by atoms with van der Waals surface area (Å²) in [5.74, 6) is 14.1. The van der Waals surface area contributed by atoms with Gasteiger partial charge in [0.15, 0.2) is 0 Å². The standard InChI is InChI=1S/C49H62O7/c1-5-6-7-13-16-35-52-36-19-20-42-21-26-44(27-22-42)49(51)56-47-33-31-46(32-34-47)55-48(39-50)30-25-43-23-28-45(29-24-43)54-38-18-15-12-10-8-9-11-14-17-37-53-41(4)40(2)3/h21,23-24,26-29,31-34,39,42,50H,2,4-18,22,35-38H2,1,3H3/b48-39+/t42-/m0/s1. The summed E-state index contributed by atoms with van der Waals surface area (Å²) < 4.78 is 28.4. The summed E-state index contributed by atoms with van der Waals surface area (Å²) in [6.07, 6.45) is 23.8. The van der Waals surface area contributed by atoms with Crippen molar-refractivity contribution in [2.24, 2.45) is 5.92 Å². The minimum absolute atomic E-state index is 0.0502. The third-order valence-corrected chi connectivity index (χ3v) is 9.06. The summed E-state index contributed by atoms with van der Waals surface area (Å²) in [5.41, 5.74) is 2.14. The molecule has 0 aliphatic heterocycles. The average molecular weight is 763 g/mol. The molecule has 0 bridgehead atoms. The Balaban J connectivity index is 1.27. The third kappa shape index (κ3) is 20.0. The van der Waals surface area contributed by atoms with Crippen molar-refractivity contribution in [2.75, 3.05) is 26.4 Å². The number of aliphatic hydroxyl groups excluding tert-OH is 1. The van der Waals surface area contributed by atoms with E-state index in [2.05, 4.69) is 43.8 Å². The number of unbranched alkanes of at least 4 members (excludes halogenated alkanes) is 12. The number of carbonyl (C=O) groups is 1. The fourth-order valence-electron chi connectivity index (χ4n) is 5.65. The molecule has 1 atom stereocenters. The number of esters is 1. The molecule has 1 aliphatic carbocycles. The van der Waals surface area contributed by atoms with Gasteiger partial charge in [0.05, 0.1) is 18.8 Å². The minimum atomic E-state index is -0.441. The molecular formula is C49H62O7. The quantitative estimate of drug-likeness (QED) is 0.0255. The molecule has 0 amide bonds. The first-order chi connectivity index (χ1) is 27.4. The van der Waals surface area contributed by atoms with Crippen molar-refractivity contribution >= 4 is 5.97 Å². The number of ether oxygens (including phenoxy) is 5. The van der Waals surface area contributed by atoms with Crippen molar-refractivity contribution < 1.29 is 33.6 Å². The van der Waals surface area contributed by atoms with Crippen LogP contribution >= 0.6 is 0 Å². The van der Waals surface area contributed by atoms with E-state index in [0.717, 1.165) is 62.0 Å². The lowest BCUT2D eigenvalue weighted by molar-refractivity contribution is -0.129. The fourth-order valence-corrected chi connectivity index (χ4v) is 5.65. The maximum atomic E-state index is 12.7. The second-order valence-corrected chi connectivity index (χ2v) is 14.0. The lowest BCUT2D eigenvalue weighted by atomic mass is 9.97. The van der Waals surface area contributed by atoms with Gasteiger partial charge < -0.3 is 28.8 Å². The molecule has 300 valence electrons. The summed E-state index contributed by atoms with van der Waals surface area (Å²) in [5, 5.41) is 9.72. The largest absolute Gasteiger partial charge is 0.511 e. The van der Waals surface area contributed by atoms with Gasteiger partial charge in [-0.05, 0) is 92.6 Å². The van der Waals surface area contributed by atoms with Crippen molar-refractivity contribution in [1.82, 2.24) is 0 Å². The van der Waals surface area contributed by atoms with Gasteiger partial charge >= 0.3 is 5.97 Å². The van der Waals surface area contributed by atoms with Gasteiger partial charge in [-0.2, -0.15) is 0 Å². The van der Waals surface area contributed by atoms with Gasteiger partial charge in [-0.1, -0.05) is 127 Å². The predicted octanol–water partition coefficient (Wildman–Crippen LogP) is 11.9. The molecule has 1 aliphatic rings. The van der Waals surface area contributed by atoms with Crippen LogP contribution in [0.2, 0.25) is 0 Å². The molecule has 0 radical (unpaired) electrons. The van der Waals surface area contributed by atoms with E-state index in [9.17, 15) is 9.90 Å². The minimum Gasteiger partial charge on any atom is -0.511 e. The highest BCUT2D eigenvalue weighted by Crippen LogP contribution is 2.23. The van der Waals surface area contributed by atoms with Crippen LogP contribution in [-0.2, 0) is 14.3 Å². The highest BCUT2D eigenvalue weighted by atomic mass is 16.5. The van der Waals surface area contributed by atoms with Crippen LogP contribution in [0.15, 0.2) is 109 Å². The Morgan fingerprint density at radius 2 is 1.38 bits per heavy atom. The first-order valence-electron chi connectivity index (χ1n) is 20.4. The highest BCUT2D eigenvalue weighted by Gasteiger charge is 2.15. The van der Waals surface area contributed by atoms with Crippen molar-refractivity contribution in [2.45, 2.75) is 110 Å².